The molecule has 0 unspecified atom stereocenters. The molecule has 0 saturated carbocycles. The third-order valence-corrected chi connectivity index (χ3v) is 4.30. The molecular weight excluding hydrogens is 294 g/mol. The second-order valence-electron chi connectivity index (χ2n) is 6.02. The van der Waals surface area contributed by atoms with Crippen LogP contribution in [-0.2, 0) is 0 Å². The van der Waals surface area contributed by atoms with Crippen molar-refractivity contribution in [3.8, 4) is 5.75 Å². The molecule has 0 aliphatic carbocycles. The first kappa shape index (κ1) is 16.3. The molecule has 0 fully saturated rings. The van der Waals surface area contributed by atoms with Gasteiger partial charge in [-0.25, -0.2) is 0 Å². The molecule has 3 rings (SSSR count). The number of hydrogen-bond donors (Lipinski definition) is 0. The van der Waals surface area contributed by atoms with E-state index in [9.17, 15) is 0 Å². The predicted octanol–water partition coefficient (Wildman–Crippen LogP) is 6.00. The van der Waals surface area contributed by atoms with Crippen molar-refractivity contribution >= 4 is 22.7 Å². The predicted molar refractivity (Wildman–Crippen MR) is 103 cm³/mol. The Bertz CT molecular complexity index is 880. The van der Waals surface area contributed by atoms with Gasteiger partial charge in [-0.15, -0.1) is 0 Å². The van der Waals surface area contributed by atoms with Gasteiger partial charge in [0, 0.05) is 11.8 Å². The monoisotopic (exact) mass is 317 g/mol. The fraction of sp³-hybridized carbons (Fsp3) is 0.227. The van der Waals surface area contributed by atoms with Crippen LogP contribution in [0.2, 0.25) is 0 Å². The Morgan fingerprint density at radius 3 is 2.62 bits per heavy atom. The van der Waals surface area contributed by atoms with E-state index < -0.39 is 0 Å². The van der Waals surface area contributed by atoms with Gasteiger partial charge in [0.05, 0.1) is 12.3 Å². The molecule has 3 aromatic carbocycles. The molecular formula is C22H23NO. The van der Waals surface area contributed by atoms with Gasteiger partial charge in [-0.05, 0) is 54.3 Å². The zero-order chi connectivity index (χ0) is 16.9. The van der Waals surface area contributed by atoms with Crippen molar-refractivity contribution < 1.29 is 4.74 Å². The Morgan fingerprint density at radius 1 is 0.958 bits per heavy atom. The van der Waals surface area contributed by atoms with E-state index in [0.717, 1.165) is 23.4 Å². The smallest absolute Gasteiger partial charge is 0.128 e. The topological polar surface area (TPSA) is 21.6 Å². The maximum Gasteiger partial charge on any atom is 0.128 e. The van der Waals surface area contributed by atoms with Crippen molar-refractivity contribution in [3.63, 3.8) is 0 Å². The van der Waals surface area contributed by atoms with Gasteiger partial charge in [0.15, 0.2) is 0 Å². The number of nitrogens with zero attached hydrogens (tertiary/aromatic N) is 1. The number of aliphatic imine (C=N–C) groups is 1. The van der Waals surface area contributed by atoms with Crippen molar-refractivity contribution in [1.82, 2.24) is 0 Å². The summed E-state index contributed by atoms with van der Waals surface area (Å²) in [6.45, 7) is 7.05. The summed E-state index contributed by atoms with van der Waals surface area (Å²) in [6, 6.07) is 18.7. The van der Waals surface area contributed by atoms with Crippen LogP contribution in [0.5, 0.6) is 5.75 Å². The van der Waals surface area contributed by atoms with Crippen molar-refractivity contribution in [2.24, 2.45) is 4.99 Å². The Hall–Kier alpha value is -2.61. The highest BCUT2D eigenvalue weighted by Crippen LogP contribution is 2.28. The molecule has 3 aromatic rings. The summed E-state index contributed by atoms with van der Waals surface area (Å²) in [6.07, 6.45) is 2.93. The fourth-order valence-corrected chi connectivity index (χ4v) is 2.76. The lowest BCUT2D eigenvalue weighted by Crippen LogP contribution is -1.99. The minimum atomic E-state index is 0.711. The Kier molecular flexibility index (Phi) is 4.95. The fourth-order valence-electron chi connectivity index (χ4n) is 2.76. The van der Waals surface area contributed by atoms with E-state index in [2.05, 4.69) is 63.2 Å². The summed E-state index contributed by atoms with van der Waals surface area (Å²) in [5, 5.41) is 2.36. The quantitative estimate of drug-likeness (QED) is 0.529. The SMILES string of the molecule is CCCOc1ccc2ccccc2c1C=Nc1cccc(C)c1C. The van der Waals surface area contributed by atoms with Crippen LogP contribution in [0, 0.1) is 13.8 Å². The van der Waals surface area contributed by atoms with Gasteiger partial charge in [-0.2, -0.15) is 0 Å². The summed E-state index contributed by atoms with van der Waals surface area (Å²) in [4.78, 5) is 4.75. The molecule has 2 heteroatoms. The van der Waals surface area contributed by atoms with E-state index >= 15 is 0 Å². The van der Waals surface area contributed by atoms with Gasteiger partial charge >= 0.3 is 0 Å². The number of ether oxygens (including phenoxy) is 1. The molecule has 0 bridgehead atoms. The second-order valence-corrected chi connectivity index (χ2v) is 6.02. The molecule has 122 valence electrons. The highest BCUT2D eigenvalue weighted by atomic mass is 16.5. The van der Waals surface area contributed by atoms with E-state index in [-0.39, 0.29) is 0 Å². The molecule has 0 aromatic heterocycles. The third-order valence-electron chi connectivity index (χ3n) is 4.30. The summed E-state index contributed by atoms with van der Waals surface area (Å²) >= 11 is 0. The first-order valence-electron chi connectivity index (χ1n) is 8.45. The minimum Gasteiger partial charge on any atom is -0.493 e. The first-order chi connectivity index (χ1) is 11.7. The summed E-state index contributed by atoms with van der Waals surface area (Å²) < 4.78 is 5.95. The number of fused-ring (bicyclic) bond motifs is 1. The first-order valence-corrected chi connectivity index (χ1v) is 8.45. The van der Waals surface area contributed by atoms with Crippen LogP contribution in [-0.4, -0.2) is 12.8 Å². The molecule has 0 radical (unpaired) electrons. The molecule has 24 heavy (non-hydrogen) atoms. The van der Waals surface area contributed by atoms with Crippen molar-refractivity contribution in [2.75, 3.05) is 6.61 Å². The van der Waals surface area contributed by atoms with E-state index in [1.807, 2.05) is 18.3 Å². The molecule has 0 aliphatic rings. The van der Waals surface area contributed by atoms with Crippen LogP contribution in [0.1, 0.15) is 30.0 Å². The lowest BCUT2D eigenvalue weighted by atomic mass is 10.0. The zero-order valence-electron chi connectivity index (χ0n) is 14.5. The zero-order valence-corrected chi connectivity index (χ0v) is 14.5. The Morgan fingerprint density at radius 2 is 1.79 bits per heavy atom. The number of aryl methyl sites for hydroxylation is 1. The molecule has 0 heterocycles. The average molecular weight is 317 g/mol. The molecule has 0 atom stereocenters. The lowest BCUT2D eigenvalue weighted by Gasteiger charge is -2.11. The molecule has 0 amide bonds. The van der Waals surface area contributed by atoms with E-state index in [1.54, 1.807) is 0 Å². The van der Waals surface area contributed by atoms with Crippen molar-refractivity contribution in [2.45, 2.75) is 27.2 Å². The van der Waals surface area contributed by atoms with Gasteiger partial charge in [-0.3, -0.25) is 4.99 Å². The summed E-state index contributed by atoms with van der Waals surface area (Å²) in [7, 11) is 0. The molecule has 0 N–H and O–H groups in total. The Balaban J connectivity index is 2.08. The largest absolute Gasteiger partial charge is 0.493 e. The highest BCUT2D eigenvalue weighted by molar-refractivity contribution is 6.03. The van der Waals surface area contributed by atoms with Gasteiger partial charge in [0.1, 0.15) is 5.75 Å². The van der Waals surface area contributed by atoms with Gasteiger partial charge < -0.3 is 4.74 Å². The lowest BCUT2D eigenvalue weighted by molar-refractivity contribution is 0.317. The van der Waals surface area contributed by atoms with Crippen molar-refractivity contribution in [1.29, 1.82) is 0 Å². The third kappa shape index (κ3) is 3.33. The van der Waals surface area contributed by atoms with E-state index in [1.165, 1.54) is 21.9 Å². The van der Waals surface area contributed by atoms with Crippen LogP contribution in [0.3, 0.4) is 0 Å². The van der Waals surface area contributed by atoms with Crippen LogP contribution >= 0.6 is 0 Å². The summed E-state index contributed by atoms with van der Waals surface area (Å²) in [5.74, 6) is 0.893. The average Bonchev–Trinajstić information content (AvgIpc) is 2.61. The van der Waals surface area contributed by atoms with Gasteiger partial charge in [0.2, 0.25) is 0 Å². The maximum atomic E-state index is 5.95. The molecule has 2 nitrogen and oxygen atoms in total. The molecule has 0 saturated heterocycles. The van der Waals surface area contributed by atoms with Crippen LogP contribution in [0.4, 0.5) is 5.69 Å². The van der Waals surface area contributed by atoms with E-state index in [0.29, 0.717) is 6.61 Å². The summed E-state index contributed by atoms with van der Waals surface area (Å²) in [5.41, 5.74) is 4.52. The second kappa shape index (κ2) is 7.31. The van der Waals surface area contributed by atoms with Gasteiger partial charge in [-0.1, -0.05) is 49.4 Å². The minimum absolute atomic E-state index is 0.711. The normalized spacial score (nSPS) is 11.3. The van der Waals surface area contributed by atoms with E-state index in [4.69, 9.17) is 9.73 Å². The maximum absolute atomic E-state index is 5.95. The van der Waals surface area contributed by atoms with Crippen LogP contribution in [0.25, 0.3) is 10.8 Å². The number of hydrogen-bond acceptors (Lipinski definition) is 2. The van der Waals surface area contributed by atoms with Crippen molar-refractivity contribution in [3.05, 3.63) is 71.3 Å². The number of rotatable bonds is 5. The van der Waals surface area contributed by atoms with Crippen LogP contribution in [0.15, 0.2) is 59.6 Å². The Labute approximate surface area is 143 Å². The molecule has 0 spiro atoms. The van der Waals surface area contributed by atoms with Gasteiger partial charge in [0.25, 0.3) is 0 Å². The van der Waals surface area contributed by atoms with Crippen LogP contribution < -0.4 is 4.74 Å². The molecule has 0 aliphatic heterocycles. The highest BCUT2D eigenvalue weighted by Gasteiger charge is 2.07. The number of benzene rings is 3. The standard InChI is InChI=1S/C22H23NO/c1-4-14-24-22-13-12-18-9-5-6-10-19(18)20(22)15-23-21-11-7-8-16(2)17(21)3/h5-13,15H,4,14H2,1-3H3.